The number of rotatable bonds is 3. The summed E-state index contributed by atoms with van der Waals surface area (Å²) in [4.78, 5) is 22.1. The van der Waals surface area contributed by atoms with Gasteiger partial charge in [0.2, 0.25) is 5.88 Å². The van der Waals surface area contributed by atoms with Gasteiger partial charge in [0.15, 0.2) is 0 Å². The quantitative estimate of drug-likeness (QED) is 0.659. The Hall–Kier alpha value is -3.24. The van der Waals surface area contributed by atoms with Crippen molar-refractivity contribution in [2.24, 2.45) is 0 Å². The average Bonchev–Trinajstić information content (AvgIpc) is 2.74. The third-order valence-electron chi connectivity index (χ3n) is 5.00. The van der Waals surface area contributed by atoms with Crippen LogP contribution >= 0.6 is 0 Å². The first-order valence-corrected chi connectivity index (χ1v) is 9.48. The molecule has 0 spiro atoms. The van der Waals surface area contributed by atoms with Crippen molar-refractivity contribution in [1.82, 2.24) is 14.9 Å². The number of piperidine rings is 1. The van der Waals surface area contributed by atoms with E-state index in [-0.39, 0.29) is 24.0 Å². The Balaban J connectivity index is 1.50. The Morgan fingerprint density at radius 1 is 1.10 bits per heavy atom. The van der Waals surface area contributed by atoms with Crippen molar-refractivity contribution in [3.05, 3.63) is 59.9 Å². The maximum absolute atomic E-state index is 12.7. The summed E-state index contributed by atoms with van der Waals surface area (Å²) in [5.41, 5.74) is -0.138. The highest BCUT2D eigenvalue weighted by Crippen LogP contribution is 2.30. The molecule has 1 aliphatic heterocycles. The fraction of sp³-hybridized carbons (Fsp3) is 0.286. The van der Waals surface area contributed by atoms with E-state index in [9.17, 15) is 28.2 Å². The first-order valence-electron chi connectivity index (χ1n) is 9.48. The lowest BCUT2D eigenvalue weighted by Gasteiger charge is -2.33. The van der Waals surface area contributed by atoms with Crippen LogP contribution in [0.2, 0.25) is 0 Å². The van der Waals surface area contributed by atoms with Crippen LogP contribution in [-0.4, -0.2) is 56.3 Å². The molecular weight excluding hydrogens is 415 g/mol. The Morgan fingerprint density at radius 3 is 2.58 bits per heavy atom. The number of benzene rings is 1. The van der Waals surface area contributed by atoms with Crippen LogP contribution in [0.3, 0.4) is 0 Å². The van der Waals surface area contributed by atoms with Crippen LogP contribution in [0.25, 0.3) is 10.9 Å². The second-order valence-corrected chi connectivity index (χ2v) is 7.21. The van der Waals surface area contributed by atoms with Crippen molar-refractivity contribution in [2.75, 3.05) is 13.1 Å². The Morgan fingerprint density at radius 2 is 1.90 bits per heavy atom. The van der Waals surface area contributed by atoms with E-state index in [1.54, 1.807) is 30.3 Å². The van der Waals surface area contributed by atoms with Crippen molar-refractivity contribution in [2.45, 2.75) is 24.8 Å². The van der Waals surface area contributed by atoms with Gasteiger partial charge in [0.05, 0.1) is 23.3 Å². The van der Waals surface area contributed by atoms with Crippen LogP contribution in [0, 0.1) is 0 Å². The molecule has 2 unspecified atom stereocenters. The van der Waals surface area contributed by atoms with Gasteiger partial charge in [-0.25, -0.2) is 9.97 Å². The van der Waals surface area contributed by atoms with E-state index in [1.807, 2.05) is 0 Å². The summed E-state index contributed by atoms with van der Waals surface area (Å²) in [7, 11) is 0. The number of aliphatic hydroxyl groups is 2. The molecule has 0 bridgehead atoms. The molecule has 1 amide bonds. The number of ether oxygens (including phenoxy) is 1. The molecule has 2 aromatic heterocycles. The van der Waals surface area contributed by atoms with Crippen molar-refractivity contribution in [3.63, 3.8) is 0 Å². The average molecular weight is 433 g/mol. The summed E-state index contributed by atoms with van der Waals surface area (Å²) in [6.45, 7) is 0.357. The number of pyridine rings is 2. The van der Waals surface area contributed by atoms with E-state index in [0.717, 1.165) is 12.1 Å². The zero-order valence-corrected chi connectivity index (χ0v) is 16.1. The Labute approximate surface area is 174 Å². The number of amides is 1. The maximum atomic E-state index is 12.7. The number of likely N-dealkylation sites (tertiary alicyclic amines) is 1. The lowest BCUT2D eigenvalue weighted by atomic mass is 10.0. The molecule has 1 fully saturated rings. The predicted octanol–water partition coefficient (Wildman–Crippen LogP) is 3.01. The number of aromatic nitrogens is 2. The monoisotopic (exact) mass is 433 g/mol. The van der Waals surface area contributed by atoms with E-state index in [2.05, 4.69) is 9.97 Å². The highest BCUT2D eigenvalue weighted by Gasteiger charge is 2.31. The molecule has 0 aliphatic carbocycles. The molecule has 1 aliphatic rings. The highest BCUT2D eigenvalue weighted by molar-refractivity contribution is 5.95. The molecule has 162 valence electrons. The fourth-order valence-corrected chi connectivity index (χ4v) is 3.28. The second-order valence-electron chi connectivity index (χ2n) is 7.21. The van der Waals surface area contributed by atoms with Gasteiger partial charge in [-0.05, 0) is 36.8 Å². The largest absolute Gasteiger partial charge is 0.439 e. The van der Waals surface area contributed by atoms with Crippen LogP contribution in [0.4, 0.5) is 13.2 Å². The van der Waals surface area contributed by atoms with Crippen molar-refractivity contribution >= 4 is 16.8 Å². The van der Waals surface area contributed by atoms with E-state index in [4.69, 9.17) is 4.74 Å². The second kappa shape index (κ2) is 8.12. The lowest BCUT2D eigenvalue weighted by molar-refractivity contribution is -0.137. The Kier molecular flexibility index (Phi) is 5.50. The van der Waals surface area contributed by atoms with Crippen LogP contribution in [-0.2, 0) is 6.18 Å². The number of hydrogen-bond acceptors (Lipinski definition) is 6. The van der Waals surface area contributed by atoms with Gasteiger partial charge in [-0.2, -0.15) is 13.2 Å². The van der Waals surface area contributed by atoms with Gasteiger partial charge < -0.3 is 19.8 Å². The van der Waals surface area contributed by atoms with Gasteiger partial charge in [0.25, 0.3) is 5.91 Å². The molecule has 0 radical (unpaired) electrons. The number of carbonyl (C=O) groups excluding carboxylic acids is 1. The van der Waals surface area contributed by atoms with Gasteiger partial charge in [-0.3, -0.25) is 4.79 Å². The van der Waals surface area contributed by atoms with Crippen molar-refractivity contribution < 1.29 is 32.9 Å². The van der Waals surface area contributed by atoms with Crippen LogP contribution in [0.15, 0.2) is 48.7 Å². The van der Waals surface area contributed by atoms with Gasteiger partial charge in [-0.1, -0.05) is 6.07 Å². The first kappa shape index (κ1) is 21.0. The minimum atomic E-state index is -4.47. The summed E-state index contributed by atoms with van der Waals surface area (Å²) in [6, 6.07) is 10.1. The molecule has 10 heteroatoms. The number of fused-ring (bicyclic) bond motifs is 1. The molecular formula is C21H18F3N3O4. The minimum Gasteiger partial charge on any atom is -0.439 e. The lowest BCUT2D eigenvalue weighted by Crippen LogP contribution is -2.49. The third-order valence-corrected chi connectivity index (χ3v) is 5.00. The topological polar surface area (TPSA) is 95.8 Å². The fourth-order valence-electron chi connectivity index (χ4n) is 3.28. The van der Waals surface area contributed by atoms with Crippen molar-refractivity contribution in [3.8, 4) is 11.6 Å². The zero-order valence-electron chi connectivity index (χ0n) is 16.1. The summed E-state index contributed by atoms with van der Waals surface area (Å²) >= 11 is 0. The zero-order chi connectivity index (χ0) is 22.2. The van der Waals surface area contributed by atoms with E-state index in [0.29, 0.717) is 35.8 Å². The SMILES string of the molecule is O=C(c1ccc2cc(Oc3ccc(C(F)(F)F)cn3)ccc2n1)N1CCC(O)C(O)C1. The molecule has 2 atom stereocenters. The molecule has 7 nitrogen and oxygen atoms in total. The van der Waals surface area contributed by atoms with Crippen LogP contribution in [0.5, 0.6) is 11.6 Å². The van der Waals surface area contributed by atoms with E-state index >= 15 is 0 Å². The minimum absolute atomic E-state index is 0.0120. The number of aliphatic hydroxyl groups excluding tert-OH is 2. The third kappa shape index (κ3) is 4.59. The molecule has 0 saturated carbocycles. The summed E-state index contributed by atoms with van der Waals surface area (Å²) in [6.07, 6.45) is -5.31. The van der Waals surface area contributed by atoms with Gasteiger partial charge in [0.1, 0.15) is 11.4 Å². The summed E-state index contributed by atoms with van der Waals surface area (Å²) in [5, 5.41) is 20.0. The molecule has 1 saturated heterocycles. The summed E-state index contributed by atoms with van der Waals surface area (Å²) in [5.74, 6) is 0.0221. The maximum Gasteiger partial charge on any atom is 0.417 e. The highest BCUT2D eigenvalue weighted by atomic mass is 19.4. The molecule has 1 aromatic carbocycles. The number of halogens is 3. The standard InChI is InChI=1S/C21H18F3N3O4/c22-21(23,24)13-2-6-19(25-10-13)31-14-3-5-15-12(9-14)1-4-16(26-15)20(30)27-8-7-17(28)18(29)11-27/h1-6,9-10,17-18,28-29H,7-8,11H2. The molecule has 3 aromatic rings. The van der Waals surface area contributed by atoms with Crippen LogP contribution in [0.1, 0.15) is 22.5 Å². The normalized spacial score (nSPS) is 19.5. The Bertz CT molecular complexity index is 1110. The number of hydrogen-bond donors (Lipinski definition) is 2. The van der Waals surface area contributed by atoms with E-state index < -0.39 is 23.9 Å². The number of carbonyl (C=O) groups is 1. The van der Waals surface area contributed by atoms with Gasteiger partial charge in [-0.15, -0.1) is 0 Å². The number of β-amino-alcohol motifs (C(OH)–C–C–N with tert-alkyl or cyclic N) is 1. The van der Waals surface area contributed by atoms with Crippen molar-refractivity contribution in [1.29, 1.82) is 0 Å². The first-order chi connectivity index (χ1) is 14.7. The van der Waals surface area contributed by atoms with E-state index in [1.165, 1.54) is 4.90 Å². The molecule has 31 heavy (non-hydrogen) atoms. The van der Waals surface area contributed by atoms with Crippen LogP contribution < -0.4 is 4.74 Å². The number of alkyl halides is 3. The van der Waals surface area contributed by atoms with Gasteiger partial charge >= 0.3 is 6.18 Å². The predicted molar refractivity (Wildman–Crippen MR) is 104 cm³/mol. The molecule has 2 N–H and O–H groups in total. The van der Waals surface area contributed by atoms with Gasteiger partial charge in [0, 0.05) is 30.7 Å². The number of nitrogens with zero attached hydrogens (tertiary/aromatic N) is 3. The summed E-state index contributed by atoms with van der Waals surface area (Å²) < 4.78 is 43.4. The smallest absolute Gasteiger partial charge is 0.417 e. The molecule has 4 rings (SSSR count). The molecule has 3 heterocycles.